The molecule has 0 aliphatic carbocycles. The molecule has 0 aliphatic rings. The average molecular weight is 369 g/mol. The van der Waals surface area contributed by atoms with E-state index in [4.69, 9.17) is 4.74 Å². The van der Waals surface area contributed by atoms with Crippen molar-refractivity contribution in [3.05, 3.63) is 0 Å². The van der Waals surface area contributed by atoms with E-state index in [-0.39, 0.29) is 0 Å². The maximum absolute atomic E-state index is 6.28. The van der Waals surface area contributed by atoms with E-state index in [2.05, 4.69) is 20.8 Å². The van der Waals surface area contributed by atoms with E-state index >= 15 is 0 Å². The van der Waals surface area contributed by atoms with Crippen LogP contribution in [0.2, 0.25) is 0 Å². The summed E-state index contributed by atoms with van der Waals surface area (Å²) in [5, 5.41) is 0. The van der Waals surface area contributed by atoms with Crippen LogP contribution in [0.5, 0.6) is 0 Å². The van der Waals surface area contributed by atoms with Gasteiger partial charge in [0.05, 0.1) is 6.10 Å². The van der Waals surface area contributed by atoms with Crippen LogP contribution in [0.15, 0.2) is 0 Å². The van der Waals surface area contributed by atoms with Crippen LogP contribution >= 0.6 is 0 Å². The van der Waals surface area contributed by atoms with Crippen LogP contribution in [-0.4, -0.2) is 12.7 Å². The second-order valence-electron chi connectivity index (χ2n) is 8.37. The lowest BCUT2D eigenvalue weighted by molar-refractivity contribution is 0.0358. The molecule has 0 fully saturated rings. The maximum atomic E-state index is 6.28. The first-order chi connectivity index (χ1) is 12.8. The summed E-state index contributed by atoms with van der Waals surface area (Å²) in [5.41, 5.74) is 0. The van der Waals surface area contributed by atoms with Gasteiger partial charge in [0, 0.05) is 6.61 Å². The molecule has 1 unspecified atom stereocenters. The third-order valence-corrected chi connectivity index (χ3v) is 5.61. The average Bonchev–Trinajstić information content (AvgIpc) is 2.65. The summed E-state index contributed by atoms with van der Waals surface area (Å²) in [7, 11) is 0. The Balaban J connectivity index is 3.62. The van der Waals surface area contributed by atoms with Crippen molar-refractivity contribution in [3.8, 4) is 0 Å². The van der Waals surface area contributed by atoms with Gasteiger partial charge in [0.15, 0.2) is 0 Å². The molecule has 1 atom stereocenters. The summed E-state index contributed by atoms with van der Waals surface area (Å²) >= 11 is 0. The highest BCUT2D eigenvalue weighted by Crippen LogP contribution is 2.17. The number of unbranched alkanes of at least 4 members (excludes halogenated alkanes) is 15. The first kappa shape index (κ1) is 26.0. The van der Waals surface area contributed by atoms with Gasteiger partial charge in [-0.25, -0.2) is 0 Å². The van der Waals surface area contributed by atoms with Gasteiger partial charge in [0.25, 0.3) is 0 Å². The van der Waals surface area contributed by atoms with Gasteiger partial charge in [-0.05, 0) is 19.3 Å². The van der Waals surface area contributed by atoms with Crippen molar-refractivity contribution in [2.24, 2.45) is 0 Å². The Kier molecular flexibility index (Phi) is 23.0. The highest BCUT2D eigenvalue weighted by molar-refractivity contribution is 4.60. The van der Waals surface area contributed by atoms with Gasteiger partial charge in [-0.2, -0.15) is 0 Å². The molecule has 158 valence electrons. The zero-order valence-electron chi connectivity index (χ0n) is 18.8. The van der Waals surface area contributed by atoms with Crippen molar-refractivity contribution in [3.63, 3.8) is 0 Å². The molecule has 1 nitrogen and oxygen atoms in total. The van der Waals surface area contributed by atoms with Crippen molar-refractivity contribution in [2.75, 3.05) is 6.61 Å². The second kappa shape index (κ2) is 23.0. The lowest BCUT2D eigenvalue weighted by Gasteiger charge is -2.18. The van der Waals surface area contributed by atoms with Crippen molar-refractivity contribution < 1.29 is 4.74 Å². The summed E-state index contributed by atoms with van der Waals surface area (Å²) < 4.78 is 6.28. The Bertz CT molecular complexity index is 238. The maximum Gasteiger partial charge on any atom is 0.0575 e. The third kappa shape index (κ3) is 20.3. The Hall–Kier alpha value is -0.0400. The Morgan fingerprint density at radius 2 is 0.769 bits per heavy atom. The van der Waals surface area contributed by atoms with Crippen molar-refractivity contribution in [2.45, 2.75) is 155 Å². The molecule has 0 aromatic rings. The molecule has 0 aromatic carbocycles. The highest BCUT2D eigenvalue weighted by atomic mass is 16.5. The molecule has 0 N–H and O–H groups in total. The van der Waals surface area contributed by atoms with Crippen LogP contribution in [0, 0.1) is 0 Å². The number of ether oxygens (including phenoxy) is 1. The van der Waals surface area contributed by atoms with Gasteiger partial charge in [-0.3, -0.25) is 0 Å². The van der Waals surface area contributed by atoms with E-state index < -0.39 is 0 Å². The minimum atomic E-state index is 0.543. The topological polar surface area (TPSA) is 9.23 Å². The number of hydrogen-bond acceptors (Lipinski definition) is 1. The van der Waals surface area contributed by atoms with Crippen LogP contribution in [0.25, 0.3) is 0 Å². The lowest BCUT2D eigenvalue weighted by Crippen LogP contribution is -2.14. The monoisotopic (exact) mass is 368 g/mol. The molecule has 0 amide bonds. The van der Waals surface area contributed by atoms with E-state index in [9.17, 15) is 0 Å². The van der Waals surface area contributed by atoms with E-state index in [0.717, 1.165) is 6.61 Å². The normalized spacial score (nSPS) is 12.6. The van der Waals surface area contributed by atoms with Crippen molar-refractivity contribution in [1.82, 2.24) is 0 Å². The molecule has 0 aliphatic heterocycles. The molecule has 0 heterocycles. The predicted molar refractivity (Wildman–Crippen MR) is 119 cm³/mol. The van der Waals surface area contributed by atoms with Crippen LogP contribution in [0.4, 0.5) is 0 Å². The Morgan fingerprint density at radius 1 is 0.423 bits per heavy atom. The molecular weight excluding hydrogens is 316 g/mol. The summed E-state index contributed by atoms with van der Waals surface area (Å²) in [6, 6.07) is 0. The SMILES string of the molecule is CCCCCCCCCCOC(CCCCC)CCCCCCCCC. The smallest absolute Gasteiger partial charge is 0.0575 e. The summed E-state index contributed by atoms with van der Waals surface area (Å²) in [6.07, 6.45) is 28.2. The van der Waals surface area contributed by atoms with Crippen molar-refractivity contribution in [1.29, 1.82) is 0 Å². The zero-order valence-corrected chi connectivity index (χ0v) is 18.8. The van der Waals surface area contributed by atoms with Crippen molar-refractivity contribution >= 4 is 0 Å². The molecule has 1 heteroatoms. The first-order valence-corrected chi connectivity index (χ1v) is 12.5. The quantitative estimate of drug-likeness (QED) is 0.173. The molecule has 26 heavy (non-hydrogen) atoms. The van der Waals surface area contributed by atoms with Gasteiger partial charge in [0.2, 0.25) is 0 Å². The van der Waals surface area contributed by atoms with E-state index in [1.807, 2.05) is 0 Å². The standard InChI is InChI=1S/C25H52O/c1-4-7-10-12-14-16-18-21-24-26-25(22-19-9-6-3)23-20-17-15-13-11-8-5-2/h25H,4-24H2,1-3H3. The lowest BCUT2D eigenvalue weighted by atomic mass is 10.0. The van der Waals surface area contributed by atoms with Gasteiger partial charge in [-0.1, -0.05) is 130 Å². The van der Waals surface area contributed by atoms with Gasteiger partial charge < -0.3 is 4.74 Å². The van der Waals surface area contributed by atoms with E-state index in [1.54, 1.807) is 0 Å². The molecular formula is C25H52O. The van der Waals surface area contributed by atoms with Crippen LogP contribution in [0.3, 0.4) is 0 Å². The second-order valence-corrected chi connectivity index (χ2v) is 8.37. The molecule has 0 spiro atoms. The molecule has 0 saturated carbocycles. The fourth-order valence-corrected chi connectivity index (χ4v) is 3.75. The van der Waals surface area contributed by atoms with Crippen LogP contribution in [-0.2, 0) is 4.74 Å². The Morgan fingerprint density at radius 3 is 1.27 bits per heavy atom. The predicted octanol–water partition coefficient (Wildman–Crippen LogP) is 9.23. The number of rotatable bonds is 22. The third-order valence-electron chi connectivity index (χ3n) is 5.61. The van der Waals surface area contributed by atoms with Crippen LogP contribution in [0.1, 0.15) is 149 Å². The highest BCUT2D eigenvalue weighted by Gasteiger charge is 2.08. The summed E-state index contributed by atoms with van der Waals surface area (Å²) in [4.78, 5) is 0. The molecule has 0 rings (SSSR count). The van der Waals surface area contributed by atoms with Gasteiger partial charge in [-0.15, -0.1) is 0 Å². The van der Waals surface area contributed by atoms with E-state index in [0.29, 0.717) is 6.10 Å². The fourth-order valence-electron chi connectivity index (χ4n) is 3.75. The summed E-state index contributed by atoms with van der Waals surface area (Å²) in [5.74, 6) is 0. The Labute approximate surface area is 167 Å². The zero-order chi connectivity index (χ0) is 19.1. The summed E-state index contributed by atoms with van der Waals surface area (Å²) in [6.45, 7) is 7.89. The number of hydrogen-bond donors (Lipinski definition) is 0. The van der Waals surface area contributed by atoms with E-state index in [1.165, 1.54) is 128 Å². The fraction of sp³-hybridized carbons (Fsp3) is 1.00. The minimum Gasteiger partial charge on any atom is -0.378 e. The molecule has 0 bridgehead atoms. The van der Waals surface area contributed by atoms with Gasteiger partial charge >= 0.3 is 0 Å². The van der Waals surface area contributed by atoms with Crippen LogP contribution < -0.4 is 0 Å². The first-order valence-electron chi connectivity index (χ1n) is 12.5. The molecule has 0 aromatic heterocycles. The molecule has 0 saturated heterocycles. The molecule has 0 radical (unpaired) electrons. The minimum absolute atomic E-state index is 0.543. The largest absolute Gasteiger partial charge is 0.378 e. The van der Waals surface area contributed by atoms with Gasteiger partial charge in [0.1, 0.15) is 0 Å².